The summed E-state index contributed by atoms with van der Waals surface area (Å²) >= 11 is 1.20. The van der Waals surface area contributed by atoms with Crippen LogP contribution in [0.25, 0.3) is 0 Å². The molecule has 27 heavy (non-hydrogen) atoms. The number of nitrogens with one attached hydrogen (secondary N) is 2. The van der Waals surface area contributed by atoms with Crippen LogP contribution >= 0.6 is 11.8 Å². The van der Waals surface area contributed by atoms with E-state index in [1.165, 1.54) is 23.9 Å². The third-order valence-corrected chi connectivity index (χ3v) is 6.33. The molecule has 8 heteroatoms. The van der Waals surface area contributed by atoms with Gasteiger partial charge >= 0.3 is 0 Å². The molecular formula is C19H22N2O4S2. The molecule has 144 valence electrons. The topological polar surface area (TPSA) is 92.3 Å². The van der Waals surface area contributed by atoms with Gasteiger partial charge in [0, 0.05) is 11.4 Å². The summed E-state index contributed by atoms with van der Waals surface area (Å²) in [7, 11) is -3.26. The van der Waals surface area contributed by atoms with Crippen LogP contribution in [0, 0.1) is 6.92 Å². The lowest BCUT2D eigenvalue weighted by atomic mass is 10.2. The number of benzene rings is 2. The maximum atomic E-state index is 12.0. The molecular weight excluding hydrogens is 384 g/mol. The predicted octanol–water partition coefficient (Wildman–Crippen LogP) is 3.10. The Morgan fingerprint density at radius 3 is 2.07 bits per heavy atom. The molecule has 2 aromatic rings. The van der Waals surface area contributed by atoms with Crippen LogP contribution in [-0.4, -0.2) is 37.5 Å². The Morgan fingerprint density at radius 1 is 0.926 bits per heavy atom. The van der Waals surface area contributed by atoms with E-state index >= 15 is 0 Å². The fourth-order valence-electron chi connectivity index (χ4n) is 2.27. The van der Waals surface area contributed by atoms with Gasteiger partial charge in [0.1, 0.15) is 0 Å². The monoisotopic (exact) mass is 406 g/mol. The lowest BCUT2D eigenvalue weighted by Gasteiger charge is -2.07. The van der Waals surface area contributed by atoms with E-state index in [0.717, 1.165) is 11.3 Å². The van der Waals surface area contributed by atoms with Crippen LogP contribution in [0.1, 0.15) is 12.5 Å². The Hall–Kier alpha value is -2.32. The van der Waals surface area contributed by atoms with Crippen molar-refractivity contribution in [2.75, 3.05) is 27.9 Å². The molecule has 0 fully saturated rings. The zero-order valence-corrected chi connectivity index (χ0v) is 16.8. The molecule has 0 aromatic heterocycles. The Labute approximate surface area is 163 Å². The van der Waals surface area contributed by atoms with Crippen LogP contribution in [0.2, 0.25) is 0 Å². The standard InChI is InChI=1S/C19H22N2O4S2/c1-3-27(24,25)17-9-7-15(8-10-17)20-18(22)12-26-13-19(23)21-16-6-4-5-14(2)11-16/h4-11H,3,12-13H2,1-2H3,(H,20,22)(H,21,23). The van der Waals surface area contributed by atoms with Gasteiger partial charge < -0.3 is 10.6 Å². The zero-order valence-electron chi connectivity index (χ0n) is 15.2. The lowest BCUT2D eigenvalue weighted by Crippen LogP contribution is -2.18. The smallest absolute Gasteiger partial charge is 0.234 e. The van der Waals surface area contributed by atoms with Crippen molar-refractivity contribution in [3.8, 4) is 0 Å². The Balaban J connectivity index is 1.77. The van der Waals surface area contributed by atoms with Gasteiger partial charge in [-0.3, -0.25) is 9.59 Å². The van der Waals surface area contributed by atoms with Gasteiger partial charge in [-0.1, -0.05) is 19.1 Å². The summed E-state index contributed by atoms with van der Waals surface area (Å²) < 4.78 is 23.5. The number of amides is 2. The summed E-state index contributed by atoms with van der Waals surface area (Å²) in [6.07, 6.45) is 0. The molecule has 2 N–H and O–H groups in total. The molecule has 0 saturated heterocycles. The first-order valence-corrected chi connectivity index (χ1v) is 11.2. The van der Waals surface area contributed by atoms with E-state index in [1.54, 1.807) is 19.1 Å². The molecule has 2 amide bonds. The summed E-state index contributed by atoms with van der Waals surface area (Å²) in [6, 6.07) is 13.5. The van der Waals surface area contributed by atoms with Crippen molar-refractivity contribution in [1.29, 1.82) is 0 Å². The second kappa shape index (κ2) is 9.57. The SMILES string of the molecule is CCS(=O)(=O)c1ccc(NC(=O)CSCC(=O)Nc2cccc(C)c2)cc1. The van der Waals surface area contributed by atoms with E-state index < -0.39 is 9.84 Å². The van der Waals surface area contributed by atoms with Crippen molar-refractivity contribution in [3.05, 3.63) is 54.1 Å². The van der Waals surface area contributed by atoms with Crippen LogP contribution < -0.4 is 10.6 Å². The number of hydrogen-bond donors (Lipinski definition) is 2. The van der Waals surface area contributed by atoms with Crippen LogP contribution in [0.3, 0.4) is 0 Å². The first kappa shape index (κ1) is 21.0. The molecule has 0 heterocycles. The van der Waals surface area contributed by atoms with Gasteiger partial charge in [0.25, 0.3) is 0 Å². The Morgan fingerprint density at radius 2 is 1.52 bits per heavy atom. The average Bonchev–Trinajstić information content (AvgIpc) is 2.62. The van der Waals surface area contributed by atoms with E-state index in [1.807, 2.05) is 31.2 Å². The van der Waals surface area contributed by atoms with Crippen molar-refractivity contribution >= 4 is 44.8 Å². The second-order valence-corrected chi connectivity index (χ2v) is 9.15. The largest absolute Gasteiger partial charge is 0.325 e. The Bertz CT molecular complexity index is 910. The minimum atomic E-state index is -3.26. The van der Waals surface area contributed by atoms with Gasteiger partial charge in [-0.25, -0.2) is 8.42 Å². The molecule has 0 aliphatic carbocycles. The molecule has 0 aliphatic rings. The van der Waals surface area contributed by atoms with Crippen LogP contribution in [0.5, 0.6) is 0 Å². The van der Waals surface area contributed by atoms with Gasteiger partial charge in [0.05, 0.1) is 22.2 Å². The molecule has 2 rings (SSSR count). The van der Waals surface area contributed by atoms with Crippen molar-refractivity contribution in [1.82, 2.24) is 0 Å². The van der Waals surface area contributed by atoms with Crippen LogP contribution in [0.15, 0.2) is 53.4 Å². The number of carbonyl (C=O) groups excluding carboxylic acids is 2. The van der Waals surface area contributed by atoms with Gasteiger partial charge in [0.15, 0.2) is 9.84 Å². The van der Waals surface area contributed by atoms with Crippen LogP contribution in [-0.2, 0) is 19.4 Å². The quantitative estimate of drug-likeness (QED) is 0.703. The molecule has 0 saturated carbocycles. The maximum absolute atomic E-state index is 12.0. The molecule has 0 radical (unpaired) electrons. The fraction of sp³-hybridized carbons (Fsp3) is 0.263. The van der Waals surface area contributed by atoms with Crippen LogP contribution in [0.4, 0.5) is 11.4 Å². The van der Waals surface area contributed by atoms with E-state index in [2.05, 4.69) is 10.6 Å². The molecule has 2 aromatic carbocycles. The van der Waals surface area contributed by atoms with Gasteiger partial charge in [-0.05, 0) is 48.9 Å². The van der Waals surface area contributed by atoms with E-state index in [0.29, 0.717) is 5.69 Å². The third kappa shape index (κ3) is 6.73. The number of hydrogen-bond acceptors (Lipinski definition) is 5. The van der Waals surface area contributed by atoms with Crippen molar-refractivity contribution in [2.24, 2.45) is 0 Å². The van der Waals surface area contributed by atoms with Crippen molar-refractivity contribution < 1.29 is 18.0 Å². The molecule has 0 aliphatic heterocycles. The fourth-order valence-corrected chi connectivity index (χ4v) is 3.77. The summed E-state index contributed by atoms with van der Waals surface area (Å²) in [4.78, 5) is 24.1. The second-order valence-electron chi connectivity index (χ2n) is 5.89. The number of carbonyl (C=O) groups is 2. The highest BCUT2D eigenvalue weighted by Crippen LogP contribution is 2.16. The summed E-state index contributed by atoms with van der Waals surface area (Å²) in [5, 5.41) is 5.47. The number of anilines is 2. The number of rotatable bonds is 8. The van der Waals surface area contributed by atoms with Gasteiger partial charge in [0.2, 0.25) is 11.8 Å². The molecule has 0 unspecified atom stereocenters. The van der Waals surface area contributed by atoms with Crippen molar-refractivity contribution in [2.45, 2.75) is 18.7 Å². The summed E-state index contributed by atoms with van der Waals surface area (Å²) in [6.45, 7) is 3.52. The maximum Gasteiger partial charge on any atom is 0.234 e. The van der Waals surface area contributed by atoms with E-state index in [-0.39, 0.29) is 34.0 Å². The third-order valence-electron chi connectivity index (χ3n) is 3.65. The predicted molar refractivity (Wildman–Crippen MR) is 110 cm³/mol. The molecule has 0 spiro atoms. The van der Waals surface area contributed by atoms with Gasteiger partial charge in [-0.2, -0.15) is 0 Å². The highest BCUT2D eigenvalue weighted by molar-refractivity contribution is 8.00. The van der Waals surface area contributed by atoms with E-state index in [4.69, 9.17) is 0 Å². The normalized spacial score (nSPS) is 11.0. The number of sulfone groups is 1. The molecule has 6 nitrogen and oxygen atoms in total. The van der Waals surface area contributed by atoms with Gasteiger partial charge in [-0.15, -0.1) is 11.8 Å². The summed E-state index contributed by atoms with van der Waals surface area (Å²) in [5.74, 6) is -0.118. The summed E-state index contributed by atoms with van der Waals surface area (Å²) in [5.41, 5.74) is 2.30. The van der Waals surface area contributed by atoms with E-state index in [9.17, 15) is 18.0 Å². The minimum absolute atomic E-state index is 0.0277. The Kier molecular flexibility index (Phi) is 7.44. The molecule has 0 bridgehead atoms. The first-order chi connectivity index (χ1) is 12.8. The number of aryl methyl sites for hydroxylation is 1. The molecule has 0 atom stereocenters. The lowest BCUT2D eigenvalue weighted by molar-refractivity contribution is -0.114. The minimum Gasteiger partial charge on any atom is -0.325 e. The highest BCUT2D eigenvalue weighted by Gasteiger charge is 2.11. The van der Waals surface area contributed by atoms with Crippen molar-refractivity contribution in [3.63, 3.8) is 0 Å². The first-order valence-electron chi connectivity index (χ1n) is 8.37. The zero-order chi connectivity index (χ0) is 19.9. The number of thioether (sulfide) groups is 1. The average molecular weight is 407 g/mol. The highest BCUT2D eigenvalue weighted by atomic mass is 32.2.